The van der Waals surface area contributed by atoms with Crippen LogP contribution >= 0.6 is 11.6 Å². The first kappa shape index (κ1) is 17.7. The number of hydrogen-bond donors (Lipinski definition) is 1. The van der Waals surface area contributed by atoms with Crippen LogP contribution in [0.4, 0.5) is 10.1 Å². The van der Waals surface area contributed by atoms with E-state index in [4.69, 9.17) is 11.6 Å². The van der Waals surface area contributed by atoms with Gasteiger partial charge in [0.15, 0.2) is 0 Å². The Morgan fingerprint density at radius 3 is 2.56 bits per heavy atom. The number of carbonyl (C=O) groups is 1. The third kappa shape index (κ3) is 4.95. The zero-order chi connectivity index (χ0) is 17.6. The van der Waals surface area contributed by atoms with E-state index in [2.05, 4.69) is 16.3 Å². The Hall–Kier alpha value is -2.07. The summed E-state index contributed by atoms with van der Waals surface area (Å²) < 4.78 is 12.9. The predicted molar refractivity (Wildman–Crippen MR) is 99.5 cm³/mol. The van der Waals surface area contributed by atoms with E-state index in [0.717, 1.165) is 42.2 Å². The maximum absolute atomic E-state index is 12.9. The highest BCUT2D eigenvalue weighted by molar-refractivity contribution is 6.30. The molecule has 0 atom stereocenters. The van der Waals surface area contributed by atoms with Crippen molar-refractivity contribution in [3.63, 3.8) is 0 Å². The zero-order valence-electron chi connectivity index (χ0n) is 14.1. The van der Waals surface area contributed by atoms with E-state index in [-0.39, 0.29) is 17.6 Å². The predicted octanol–water partition coefficient (Wildman–Crippen LogP) is 4.05. The van der Waals surface area contributed by atoms with E-state index in [1.165, 1.54) is 12.1 Å². The Balaban J connectivity index is 1.43. The molecule has 1 aliphatic heterocycles. The van der Waals surface area contributed by atoms with Crippen LogP contribution in [-0.2, 0) is 11.2 Å². The lowest BCUT2D eigenvalue weighted by molar-refractivity contribution is -0.125. The maximum Gasteiger partial charge on any atom is 0.223 e. The molecule has 2 aromatic carbocycles. The third-order valence-electron chi connectivity index (χ3n) is 4.67. The van der Waals surface area contributed by atoms with Crippen molar-refractivity contribution >= 4 is 23.2 Å². The Kier molecular flexibility index (Phi) is 5.92. The van der Waals surface area contributed by atoms with Gasteiger partial charge in [0.05, 0.1) is 0 Å². The molecule has 0 aromatic heterocycles. The van der Waals surface area contributed by atoms with Gasteiger partial charge in [-0.3, -0.25) is 4.79 Å². The molecule has 0 unspecified atom stereocenters. The van der Waals surface area contributed by atoms with E-state index in [0.29, 0.717) is 13.0 Å². The highest BCUT2D eigenvalue weighted by atomic mass is 35.5. The van der Waals surface area contributed by atoms with Crippen LogP contribution in [0.1, 0.15) is 18.4 Å². The molecule has 1 fully saturated rings. The average molecular weight is 361 g/mol. The molecule has 3 rings (SSSR count). The van der Waals surface area contributed by atoms with Crippen molar-refractivity contribution in [1.82, 2.24) is 5.32 Å². The monoisotopic (exact) mass is 360 g/mol. The van der Waals surface area contributed by atoms with Crippen LogP contribution in [0.5, 0.6) is 0 Å². The minimum Gasteiger partial charge on any atom is -0.371 e. The van der Waals surface area contributed by atoms with Crippen molar-refractivity contribution in [1.29, 1.82) is 0 Å². The number of benzene rings is 2. The van der Waals surface area contributed by atoms with E-state index in [9.17, 15) is 9.18 Å². The van der Waals surface area contributed by atoms with Crippen molar-refractivity contribution in [2.75, 3.05) is 24.5 Å². The minimum atomic E-state index is -0.237. The first-order valence-electron chi connectivity index (χ1n) is 8.64. The summed E-state index contributed by atoms with van der Waals surface area (Å²) in [6.45, 7) is 2.30. The third-order valence-corrected chi connectivity index (χ3v) is 4.90. The Bertz CT molecular complexity index is 712. The van der Waals surface area contributed by atoms with Crippen LogP contribution < -0.4 is 10.2 Å². The average Bonchev–Trinajstić information content (AvgIpc) is 2.63. The van der Waals surface area contributed by atoms with E-state index in [1.54, 1.807) is 12.1 Å². The van der Waals surface area contributed by atoms with Gasteiger partial charge in [-0.1, -0.05) is 29.8 Å². The number of piperidine rings is 1. The molecule has 1 aliphatic rings. The highest BCUT2D eigenvalue weighted by Gasteiger charge is 2.24. The highest BCUT2D eigenvalue weighted by Crippen LogP contribution is 2.25. The number of hydrogen-bond acceptors (Lipinski definition) is 2. The molecule has 2 aromatic rings. The van der Waals surface area contributed by atoms with Gasteiger partial charge in [0.25, 0.3) is 0 Å². The van der Waals surface area contributed by atoms with Gasteiger partial charge >= 0.3 is 0 Å². The molecule has 1 amide bonds. The fraction of sp³-hybridized carbons (Fsp3) is 0.350. The van der Waals surface area contributed by atoms with Crippen LogP contribution in [0.2, 0.25) is 5.02 Å². The van der Waals surface area contributed by atoms with Crippen molar-refractivity contribution in [3.8, 4) is 0 Å². The molecule has 0 aliphatic carbocycles. The molecule has 1 N–H and O–H groups in total. The minimum absolute atomic E-state index is 0.0589. The molecule has 1 heterocycles. The zero-order valence-corrected chi connectivity index (χ0v) is 14.8. The fourth-order valence-electron chi connectivity index (χ4n) is 3.20. The van der Waals surface area contributed by atoms with E-state index < -0.39 is 0 Å². The summed E-state index contributed by atoms with van der Waals surface area (Å²) in [4.78, 5) is 14.6. The quantitative estimate of drug-likeness (QED) is 0.872. The van der Waals surface area contributed by atoms with E-state index in [1.807, 2.05) is 18.2 Å². The SMILES string of the molecule is O=C(NCCc1ccc(F)cc1)C1CCN(c2cccc(Cl)c2)CC1. The van der Waals surface area contributed by atoms with Crippen LogP contribution in [-0.4, -0.2) is 25.5 Å². The maximum atomic E-state index is 12.9. The van der Waals surface area contributed by atoms with Crippen LogP contribution in [0.15, 0.2) is 48.5 Å². The standard InChI is InChI=1S/C20H22ClFN2O/c21-17-2-1-3-19(14-17)24-12-9-16(10-13-24)20(25)23-11-8-15-4-6-18(22)7-5-15/h1-7,14,16H,8-13H2,(H,23,25). The van der Waals surface area contributed by atoms with E-state index >= 15 is 0 Å². The van der Waals surface area contributed by atoms with Crippen LogP contribution in [0.3, 0.4) is 0 Å². The van der Waals surface area contributed by atoms with Gasteiger partial charge in [0.2, 0.25) is 5.91 Å². The van der Waals surface area contributed by atoms with Gasteiger partial charge in [-0.25, -0.2) is 4.39 Å². The molecular weight excluding hydrogens is 339 g/mol. The van der Waals surface area contributed by atoms with Crippen molar-refractivity contribution in [3.05, 3.63) is 64.9 Å². The second-order valence-electron chi connectivity index (χ2n) is 6.41. The molecule has 5 heteroatoms. The van der Waals surface area contributed by atoms with Gasteiger partial charge in [0.1, 0.15) is 5.82 Å². The van der Waals surface area contributed by atoms with Crippen molar-refractivity contribution < 1.29 is 9.18 Å². The number of halogens is 2. The number of amides is 1. The second-order valence-corrected chi connectivity index (χ2v) is 6.85. The molecule has 0 radical (unpaired) electrons. The number of nitrogens with zero attached hydrogens (tertiary/aromatic N) is 1. The first-order valence-corrected chi connectivity index (χ1v) is 9.02. The first-order chi connectivity index (χ1) is 12.1. The summed E-state index contributed by atoms with van der Waals surface area (Å²) in [7, 11) is 0. The lowest BCUT2D eigenvalue weighted by Crippen LogP contribution is -2.41. The van der Waals surface area contributed by atoms with Gasteiger partial charge in [-0.15, -0.1) is 0 Å². The molecule has 0 bridgehead atoms. The Morgan fingerprint density at radius 1 is 1.16 bits per heavy atom. The topological polar surface area (TPSA) is 32.3 Å². The summed E-state index contributed by atoms with van der Waals surface area (Å²) in [6, 6.07) is 14.2. The lowest BCUT2D eigenvalue weighted by atomic mass is 9.95. The largest absolute Gasteiger partial charge is 0.371 e. The van der Waals surface area contributed by atoms with Gasteiger partial charge in [0, 0.05) is 36.3 Å². The molecule has 0 saturated carbocycles. The number of carbonyl (C=O) groups excluding carboxylic acids is 1. The molecule has 3 nitrogen and oxygen atoms in total. The fourth-order valence-corrected chi connectivity index (χ4v) is 3.38. The summed E-state index contributed by atoms with van der Waals surface area (Å²) in [5, 5.41) is 3.74. The van der Waals surface area contributed by atoms with Crippen LogP contribution in [0, 0.1) is 11.7 Å². The Morgan fingerprint density at radius 2 is 1.88 bits per heavy atom. The second kappa shape index (κ2) is 8.34. The van der Waals surface area contributed by atoms with Gasteiger partial charge in [-0.2, -0.15) is 0 Å². The van der Waals surface area contributed by atoms with Gasteiger partial charge < -0.3 is 10.2 Å². The lowest BCUT2D eigenvalue weighted by Gasteiger charge is -2.33. The molecular formula is C20H22ClFN2O. The number of rotatable bonds is 5. The summed E-state index contributed by atoms with van der Waals surface area (Å²) in [5.74, 6) is -0.0595. The summed E-state index contributed by atoms with van der Waals surface area (Å²) >= 11 is 6.05. The summed E-state index contributed by atoms with van der Waals surface area (Å²) in [6.07, 6.45) is 2.40. The van der Waals surface area contributed by atoms with Crippen molar-refractivity contribution in [2.24, 2.45) is 5.92 Å². The summed E-state index contributed by atoms with van der Waals surface area (Å²) in [5.41, 5.74) is 2.14. The van der Waals surface area contributed by atoms with Crippen LogP contribution in [0.25, 0.3) is 0 Å². The molecule has 132 valence electrons. The molecule has 25 heavy (non-hydrogen) atoms. The number of anilines is 1. The molecule has 1 saturated heterocycles. The van der Waals surface area contributed by atoms with Crippen molar-refractivity contribution in [2.45, 2.75) is 19.3 Å². The Labute approximate surface area is 152 Å². The van der Waals surface area contributed by atoms with Gasteiger partial charge in [-0.05, 0) is 55.2 Å². The number of nitrogens with one attached hydrogen (secondary N) is 1. The molecule has 0 spiro atoms. The normalized spacial score (nSPS) is 15.2. The smallest absolute Gasteiger partial charge is 0.223 e.